The molecule has 0 radical (unpaired) electrons. The Bertz CT molecular complexity index is 292. The van der Waals surface area contributed by atoms with Gasteiger partial charge in [0.1, 0.15) is 4.87 Å². The lowest BCUT2D eigenvalue weighted by atomic mass is 9.62. The average Bonchev–Trinajstić information content (AvgIpc) is 2.47. The van der Waals surface area contributed by atoms with Gasteiger partial charge in [0.15, 0.2) is 5.78 Å². The van der Waals surface area contributed by atoms with Crippen molar-refractivity contribution in [3.05, 3.63) is 24.3 Å². The van der Waals surface area contributed by atoms with Gasteiger partial charge in [0.25, 0.3) is 0 Å². The summed E-state index contributed by atoms with van der Waals surface area (Å²) in [5, 5.41) is 0. The summed E-state index contributed by atoms with van der Waals surface area (Å²) in [4.78, 5) is 10.8. The first-order valence-corrected chi connectivity index (χ1v) is 4.52. The van der Waals surface area contributed by atoms with Crippen molar-refractivity contribution in [2.45, 2.75) is 18.2 Å². The van der Waals surface area contributed by atoms with E-state index in [0.717, 1.165) is 12.0 Å². The Morgan fingerprint density at radius 2 is 2.50 bits per heavy atom. The maximum atomic E-state index is 11.6. The number of ketones is 1. The zero-order valence-electron chi connectivity index (χ0n) is 7.01. The van der Waals surface area contributed by atoms with Gasteiger partial charge in [-0.25, -0.2) is 0 Å². The van der Waals surface area contributed by atoms with Crippen molar-refractivity contribution in [1.29, 1.82) is 0 Å². The van der Waals surface area contributed by atoms with Crippen LogP contribution in [0, 0.1) is 11.8 Å². The van der Waals surface area contributed by atoms with E-state index in [4.69, 9.17) is 11.6 Å². The second-order valence-electron chi connectivity index (χ2n) is 3.65. The van der Waals surface area contributed by atoms with Gasteiger partial charge in [-0.05, 0) is 13.3 Å². The number of fused-ring (bicyclic) bond motifs is 1. The normalized spacial score (nSPS) is 44.0. The standard InChI is InChI=1S/C10H11ClO/c1-6(2)10(11)8-5-3-4-7(8)9(10)12/h3,5,7-8H,1,4H2,2H3/t7-,8+,10+/m0/s1. The molecule has 0 aromatic rings. The highest BCUT2D eigenvalue weighted by molar-refractivity contribution is 6.41. The molecule has 0 amide bonds. The molecule has 0 aliphatic heterocycles. The predicted molar refractivity (Wildman–Crippen MR) is 49.1 cm³/mol. The lowest BCUT2D eigenvalue weighted by molar-refractivity contribution is -0.134. The topological polar surface area (TPSA) is 17.1 Å². The number of hydrogen-bond donors (Lipinski definition) is 0. The van der Waals surface area contributed by atoms with Gasteiger partial charge in [0, 0.05) is 11.8 Å². The smallest absolute Gasteiger partial charge is 0.162 e. The van der Waals surface area contributed by atoms with Gasteiger partial charge >= 0.3 is 0 Å². The number of Topliss-reactive ketones (excluding diaryl/α,β-unsaturated/α-hetero) is 1. The summed E-state index contributed by atoms with van der Waals surface area (Å²) in [7, 11) is 0. The molecule has 2 heteroatoms. The highest BCUT2D eigenvalue weighted by Crippen LogP contribution is 2.54. The molecule has 1 saturated carbocycles. The maximum absolute atomic E-state index is 11.6. The predicted octanol–water partition coefficient (Wildman–Crippen LogP) is 2.32. The minimum Gasteiger partial charge on any atom is -0.297 e. The first-order valence-electron chi connectivity index (χ1n) is 4.14. The highest BCUT2D eigenvalue weighted by Gasteiger charge is 2.61. The molecule has 0 N–H and O–H groups in total. The molecule has 0 heterocycles. The van der Waals surface area contributed by atoms with E-state index in [-0.39, 0.29) is 17.6 Å². The number of hydrogen-bond acceptors (Lipinski definition) is 1. The van der Waals surface area contributed by atoms with Crippen LogP contribution in [-0.2, 0) is 4.79 Å². The summed E-state index contributed by atoms with van der Waals surface area (Å²) in [5.41, 5.74) is 0.780. The number of rotatable bonds is 1. The fraction of sp³-hybridized carbons (Fsp3) is 0.500. The molecule has 0 aromatic heterocycles. The van der Waals surface area contributed by atoms with Crippen LogP contribution in [0.25, 0.3) is 0 Å². The van der Waals surface area contributed by atoms with E-state index >= 15 is 0 Å². The summed E-state index contributed by atoms with van der Waals surface area (Å²) >= 11 is 6.19. The quantitative estimate of drug-likeness (QED) is 0.449. The Kier molecular flexibility index (Phi) is 1.50. The molecule has 2 rings (SSSR count). The van der Waals surface area contributed by atoms with Crippen molar-refractivity contribution in [2.75, 3.05) is 0 Å². The molecule has 0 saturated heterocycles. The summed E-state index contributed by atoms with van der Waals surface area (Å²) in [6.07, 6.45) is 4.96. The van der Waals surface area contributed by atoms with Crippen molar-refractivity contribution in [3.8, 4) is 0 Å². The fourth-order valence-electron chi connectivity index (χ4n) is 2.17. The van der Waals surface area contributed by atoms with Crippen LogP contribution in [0.2, 0.25) is 0 Å². The summed E-state index contributed by atoms with van der Waals surface area (Å²) in [6, 6.07) is 0. The first kappa shape index (κ1) is 8.06. The van der Waals surface area contributed by atoms with E-state index in [1.807, 2.05) is 19.1 Å². The van der Waals surface area contributed by atoms with E-state index in [2.05, 4.69) is 6.58 Å². The van der Waals surface area contributed by atoms with Gasteiger partial charge in [-0.2, -0.15) is 0 Å². The molecule has 1 nitrogen and oxygen atoms in total. The number of carbonyl (C=O) groups excluding carboxylic acids is 1. The van der Waals surface area contributed by atoms with Crippen LogP contribution in [0.3, 0.4) is 0 Å². The molecule has 12 heavy (non-hydrogen) atoms. The molecule has 0 bridgehead atoms. The molecular formula is C10H11ClO. The Morgan fingerprint density at radius 3 is 3.08 bits per heavy atom. The Labute approximate surface area is 77.1 Å². The summed E-state index contributed by atoms with van der Waals surface area (Å²) < 4.78 is 0. The van der Waals surface area contributed by atoms with Crippen LogP contribution in [-0.4, -0.2) is 10.7 Å². The van der Waals surface area contributed by atoms with Gasteiger partial charge < -0.3 is 0 Å². The molecular weight excluding hydrogens is 172 g/mol. The zero-order chi connectivity index (χ0) is 8.93. The van der Waals surface area contributed by atoms with Crippen molar-refractivity contribution < 1.29 is 4.79 Å². The lowest BCUT2D eigenvalue weighted by Crippen LogP contribution is -2.58. The minimum atomic E-state index is -0.766. The molecule has 0 spiro atoms. The second kappa shape index (κ2) is 2.23. The van der Waals surface area contributed by atoms with Crippen molar-refractivity contribution in [2.24, 2.45) is 11.8 Å². The van der Waals surface area contributed by atoms with E-state index in [9.17, 15) is 4.79 Å². The highest BCUT2D eigenvalue weighted by atomic mass is 35.5. The van der Waals surface area contributed by atoms with Gasteiger partial charge in [0.05, 0.1) is 0 Å². The van der Waals surface area contributed by atoms with Crippen molar-refractivity contribution >= 4 is 17.4 Å². The van der Waals surface area contributed by atoms with Crippen LogP contribution in [0.1, 0.15) is 13.3 Å². The largest absolute Gasteiger partial charge is 0.297 e. The third-order valence-corrected chi connectivity index (χ3v) is 3.70. The molecule has 2 aliphatic carbocycles. The van der Waals surface area contributed by atoms with Crippen LogP contribution >= 0.6 is 11.6 Å². The van der Waals surface area contributed by atoms with E-state index < -0.39 is 4.87 Å². The molecule has 1 fully saturated rings. The Balaban J connectivity index is 2.34. The van der Waals surface area contributed by atoms with Gasteiger partial charge in [0.2, 0.25) is 0 Å². The van der Waals surface area contributed by atoms with Crippen LogP contribution in [0.5, 0.6) is 0 Å². The number of alkyl halides is 1. The minimum absolute atomic E-state index is 0.152. The van der Waals surface area contributed by atoms with Crippen molar-refractivity contribution in [1.82, 2.24) is 0 Å². The monoisotopic (exact) mass is 182 g/mol. The molecule has 0 aromatic carbocycles. The number of halogens is 1. The maximum Gasteiger partial charge on any atom is 0.162 e. The summed E-state index contributed by atoms with van der Waals surface area (Å²) in [6.45, 7) is 5.60. The summed E-state index contributed by atoms with van der Waals surface area (Å²) in [5.74, 6) is 0.523. The van der Waals surface area contributed by atoms with Crippen LogP contribution in [0.15, 0.2) is 24.3 Å². The number of carbonyl (C=O) groups is 1. The molecule has 2 aliphatic rings. The molecule has 64 valence electrons. The number of allylic oxidation sites excluding steroid dienone is 3. The molecule has 0 unspecified atom stereocenters. The van der Waals surface area contributed by atoms with Gasteiger partial charge in [-0.1, -0.05) is 24.3 Å². The molecule has 3 atom stereocenters. The average molecular weight is 183 g/mol. The van der Waals surface area contributed by atoms with E-state index in [1.165, 1.54) is 0 Å². The van der Waals surface area contributed by atoms with Crippen LogP contribution in [0.4, 0.5) is 0 Å². The van der Waals surface area contributed by atoms with Crippen molar-refractivity contribution in [3.63, 3.8) is 0 Å². The Morgan fingerprint density at radius 1 is 1.83 bits per heavy atom. The van der Waals surface area contributed by atoms with Gasteiger partial charge in [-0.15, -0.1) is 11.6 Å². The lowest BCUT2D eigenvalue weighted by Gasteiger charge is -2.46. The third-order valence-electron chi connectivity index (χ3n) is 2.94. The SMILES string of the molecule is C=C(C)[C@]1(Cl)C(=O)[C@H]2CC=C[C@H]21. The van der Waals surface area contributed by atoms with E-state index in [0.29, 0.717) is 0 Å². The van der Waals surface area contributed by atoms with E-state index in [1.54, 1.807) is 0 Å². The zero-order valence-corrected chi connectivity index (χ0v) is 7.77. The van der Waals surface area contributed by atoms with Crippen LogP contribution < -0.4 is 0 Å². The van der Waals surface area contributed by atoms with Gasteiger partial charge in [-0.3, -0.25) is 4.79 Å². The second-order valence-corrected chi connectivity index (χ2v) is 4.25. The Hall–Kier alpha value is -0.560. The first-order chi connectivity index (χ1) is 5.58. The third kappa shape index (κ3) is 0.680. The fourth-order valence-corrected chi connectivity index (χ4v) is 2.53.